The van der Waals surface area contributed by atoms with Gasteiger partial charge in [0.25, 0.3) is 0 Å². The molecule has 1 saturated heterocycles. The molecule has 0 radical (unpaired) electrons. The molecule has 1 unspecified atom stereocenters. The summed E-state index contributed by atoms with van der Waals surface area (Å²) in [6.07, 6.45) is 5.21. The number of carbonyl (C=O) groups excluding carboxylic acids is 1. The van der Waals surface area contributed by atoms with Crippen LogP contribution in [0.25, 0.3) is 0 Å². The number of carbonyl (C=O) groups is 1. The summed E-state index contributed by atoms with van der Waals surface area (Å²) in [6, 6.07) is 2.32. The fourth-order valence-electron chi connectivity index (χ4n) is 3.89. The molecule has 2 aromatic heterocycles. The molecule has 3 rings (SSSR count). The maximum absolute atomic E-state index is 12.2. The lowest BCUT2D eigenvalue weighted by atomic mass is 9.88. The van der Waals surface area contributed by atoms with Gasteiger partial charge in [0, 0.05) is 51.1 Å². The van der Waals surface area contributed by atoms with Gasteiger partial charge in [0.2, 0.25) is 5.91 Å². The Balaban J connectivity index is 1.74. The van der Waals surface area contributed by atoms with Crippen LogP contribution in [0.2, 0.25) is 0 Å². The number of hydrogen-bond acceptors (Lipinski definition) is 4. The Bertz CT molecular complexity index is 748. The molecule has 0 aromatic carbocycles. The van der Waals surface area contributed by atoms with E-state index in [9.17, 15) is 4.79 Å². The van der Waals surface area contributed by atoms with E-state index in [1.807, 2.05) is 43.6 Å². The Hall–Kier alpha value is -2.08. The van der Waals surface area contributed by atoms with Gasteiger partial charge in [-0.1, -0.05) is 0 Å². The van der Waals surface area contributed by atoms with Gasteiger partial charge in [-0.05, 0) is 39.2 Å². The third-order valence-corrected chi connectivity index (χ3v) is 5.34. The van der Waals surface area contributed by atoms with E-state index < -0.39 is 0 Å². The van der Waals surface area contributed by atoms with Gasteiger partial charge in [0.05, 0.1) is 6.04 Å². The van der Waals surface area contributed by atoms with E-state index >= 15 is 0 Å². The lowest BCUT2D eigenvalue weighted by Crippen LogP contribution is -2.44. The van der Waals surface area contributed by atoms with E-state index in [1.165, 1.54) is 5.56 Å². The number of furan rings is 1. The standard InChI is InChI=1S/C19H28N4O2/c1-12-10-16(14(3)25-12)13(2)21-11-15-6-7-17(24)23(5)18(15)19-20-8-9-22(19)4/h8-10,13,15,18,21H,6-7,11H2,1-5H3/t13?,15-,18+/m1/s1. The molecule has 6 nitrogen and oxygen atoms in total. The molecule has 0 spiro atoms. The topological polar surface area (TPSA) is 63.3 Å². The molecular formula is C19H28N4O2. The number of nitrogens with zero attached hydrogens (tertiary/aromatic N) is 3. The predicted molar refractivity (Wildman–Crippen MR) is 96.0 cm³/mol. The van der Waals surface area contributed by atoms with Crippen LogP contribution in [0.3, 0.4) is 0 Å². The van der Waals surface area contributed by atoms with Crippen LogP contribution in [0.5, 0.6) is 0 Å². The van der Waals surface area contributed by atoms with Crippen LogP contribution in [0.4, 0.5) is 0 Å². The second-order valence-corrected chi connectivity index (χ2v) is 7.14. The third-order valence-electron chi connectivity index (χ3n) is 5.34. The Labute approximate surface area is 149 Å². The Morgan fingerprint density at radius 3 is 2.76 bits per heavy atom. The van der Waals surface area contributed by atoms with Gasteiger partial charge in [0.1, 0.15) is 17.3 Å². The average molecular weight is 344 g/mol. The number of rotatable bonds is 5. The third kappa shape index (κ3) is 3.49. The van der Waals surface area contributed by atoms with E-state index in [4.69, 9.17) is 4.42 Å². The molecule has 6 heteroatoms. The molecular weight excluding hydrogens is 316 g/mol. The van der Waals surface area contributed by atoms with Crippen LogP contribution < -0.4 is 5.32 Å². The number of aromatic nitrogens is 2. The van der Waals surface area contributed by atoms with Crippen LogP contribution in [0.1, 0.15) is 54.8 Å². The van der Waals surface area contributed by atoms with Crippen molar-refractivity contribution < 1.29 is 9.21 Å². The summed E-state index contributed by atoms with van der Waals surface area (Å²) in [7, 11) is 3.88. The molecule has 1 fully saturated rings. The van der Waals surface area contributed by atoms with Crippen molar-refractivity contribution in [1.82, 2.24) is 19.8 Å². The molecule has 0 saturated carbocycles. The van der Waals surface area contributed by atoms with Crippen LogP contribution in [0.15, 0.2) is 22.9 Å². The minimum absolute atomic E-state index is 0.00753. The highest BCUT2D eigenvalue weighted by Gasteiger charge is 2.36. The molecule has 3 atom stereocenters. The summed E-state index contributed by atoms with van der Waals surface area (Å²) in [5.41, 5.74) is 1.20. The van der Waals surface area contributed by atoms with Gasteiger partial charge >= 0.3 is 0 Å². The number of hydrogen-bond donors (Lipinski definition) is 1. The molecule has 25 heavy (non-hydrogen) atoms. The van der Waals surface area contributed by atoms with Crippen molar-refractivity contribution in [2.45, 2.75) is 45.7 Å². The number of imidazole rings is 1. The van der Waals surface area contributed by atoms with Gasteiger partial charge < -0.3 is 19.2 Å². The van der Waals surface area contributed by atoms with Crippen LogP contribution >= 0.6 is 0 Å². The van der Waals surface area contributed by atoms with Crippen molar-refractivity contribution in [2.75, 3.05) is 13.6 Å². The molecule has 2 aromatic rings. The van der Waals surface area contributed by atoms with E-state index in [2.05, 4.69) is 23.3 Å². The van der Waals surface area contributed by atoms with E-state index in [-0.39, 0.29) is 18.0 Å². The van der Waals surface area contributed by atoms with Crippen molar-refractivity contribution in [1.29, 1.82) is 0 Å². The number of nitrogens with one attached hydrogen (secondary N) is 1. The normalized spacial score (nSPS) is 22.4. The van der Waals surface area contributed by atoms with Crippen molar-refractivity contribution in [2.24, 2.45) is 13.0 Å². The molecule has 3 heterocycles. The zero-order chi connectivity index (χ0) is 18.1. The summed E-state index contributed by atoms with van der Waals surface area (Å²) in [5.74, 6) is 3.38. The maximum atomic E-state index is 12.2. The quantitative estimate of drug-likeness (QED) is 0.906. The summed E-state index contributed by atoms with van der Waals surface area (Å²) >= 11 is 0. The molecule has 1 amide bonds. The second kappa shape index (κ2) is 7.04. The van der Waals surface area contributed by atoms with Crippen LogP contribution in [0, 0.1) is 19.8 Å². The zero-order valence-electron chi connectivity index (χ0n) is 15.7. The lowest BCUT2D eigenvalue weighted by Gasteiger charge is -2.39. The van der Waals surface area contributed by atoms with E-state index in [1.54, 1.807) is 6.20 Å². The number of aryl methyl sites for hydroxylation is 3. The monoisotopic (exact) mass is 344 g/mol. The van der Waals surface area contributed by atoms with E-state index in [0.29, 0.717) is 12.3 Å². The van der Waals surface area contributed by atoms with Gasteiger partial charge in [-0.25, -0.2) is 4.98 Å². The van der Waals surface area contributed by atoms with Crippen molar-refractivity contribution in [3.05, 3.63) is 41.4 Å². The maximum Gasteiger partial charge on any atom is 0.222 e. The zero-order valence-corrected chi connectivity index (χ0v) is 15.7. The van der Waals surface area contributed by atoms with Gasteiger partial charge in [-0.2, -0.15) is 0 Å². The highest BCUT2D eigenvalue weighted by atomic mass is 16.3. The molecule has 0 aliphatic carbocycles. The minimum Gasteiger partial charge on any atom is -0.466 e. The van der Waals surface area contributed by atoms with Crippen molar-refractivity contribution >= 4 is 5.91 Å². The first kappa shape index (κ1) is 17.7. The second-order valence-electron chi connectivity index (χ2n) is 7.14. The van der Waals surface area contributed by atoms with Crippen LogP contribution in [-0.2, 0) is 11.8 Å². The first-order chi connectivity index (χ1) is 11.9. The molecule has 1 aliphatic heterocycles. The first-order valence-electron chi connectivity index (χ1n) is 8.91. The van der Waals surface area contributed by atoms with Crippen molar-refractivity contribution in [3.63, 3.8) is 0 Å². The lowest BCUT2D eigenvalue weighted by molar-refractivity contribution is -0.137. The highest BCUT2D eigenvalue weighted by molar-refractivity contribution is 5.77. The highest BCUT2D eigenvalue weighted by Crippen LogP contribution is 2.35. The molecule has 1 N–H and O–H groups in total. The Kier molecular flexibility index (Phi) is 4.99. The van der Waals surface area contributed by atoms with E-state index in [0.717, 1.165) is 30.3 Å². The Morgan fingerprint density at radius 1 is 1.40 bits per heavy atom. The number of likely N-dealkylation sites (tertiary alicyclic amines) is 1. The fourth-order valence-corrected chi connectivity index (χ4v) is 3.89. The average Bonchev–Trinajstić information content (AvgIpc) is 3.13. The summed E-state index contributed by atoms with van der Waals surface area (Å²) < 4.78 is 7.66. The Morgan fingerprint density at radius 2 is 2.16 bits per heavy atom. The van der Waals surface area contributed by atoms with Gasteiger partial charge in [-0.15, -0.1) is 0 Å². The molecule has 1 aliphatic rings. The SMILES string of the molecule is Cc1cc(C(C)NC[C@H]2CCC(=O)N(C)[C@@H]2c2nccn2C)c(C)o1. The summed E-state index contributed by atoms with van der Waals surface area (Å²) in [5, 5.41) is 3.63. The molecule has 136 valence electrons. The fraction of sp³-hybridized carbons (Fsp3) is 0.579. The first-order valence-corrected chi connectivity index (χ1v) is 8.91. The number of amides is 1. The summed E-state index contributed by atoms with van der Waals surface area (Å²) in [6.45, 7) is 6.97. The van der Waals surface area contributed by atoms with Gasteiger partial charge in [0.15, 0.2) is 0 Å². The van der Waals surface area contributed by atoms with Crippen molar-refractivity contribution in [3.8, 4) is 0 Å². The molecule has 0 bridgehead atoms. The smallest absolute Gasteiger partial charge is 0.222 e. The predicted octanol–water partition coefficient (Wildman–Crippen LogP) is 2.89. The largest absolute Gasteiger partial charge is 0.466 e. The number of piperidine rings is 1. The minimum atomic E-state index is 0.00753. The summed E-state index contributed by atoms with van der Waals surface area (Å²) in [4.78, 5) is 18.6. The van der Waals surface area contributed by atoms with Gasteiger partial charge in [-0.3, -0.25) is 4.79 Å². The van der Waals surface area contributed by atoms with Crippen LogP contribution in [-0.4, -0.2) is 34.0 Å².